The van der Waals surface area contributed by atoms with Gasteiger partial charge in [0, 0.05) is 12.1 Å². The first-order chi connectivity index (χ1) is 16.8. The van der Waals surface area contributed by atoms with Crippen molar-refractivity contribution in [1.82, 2.24) is 4.90 Å². The zero-order valence-electron chi connectivity index (χ0n) is 19.1. The Balaban J connectivity index is 1.73. The number of aliphatic hydroxyl groups excluding tert-OH is 1. The summed E-state index contributed by atoms with van der Waals surface area (Å²) in [4.78, 5) is 27.5. The minimum Gasteiger partial charge on any atom is -0.507 e. The number of benzene rings is 3. The first kappa shape index (κ1) is 23.9. The van der Waals surface area contributed by atoms with Crippen LogP contribution in [0.2, 0.25) is 0 Å². The number of halogens is 2. The van der Waals surface area contributed by atoms with Gasteiger partial charge in [0.15, 0.2) is 11.5 Å². The fraction of sp³-hybridized carbons (Fsp3) is 0.185. The van der Waals surface area contributed by atoms with E-state index < -0.39 is 35.1 Å². The van der Waals surface area contributed by atoms with Gasteiger partial charge in [-0.2, -0.15) is 0 Å². The molecule has 1 saturated heterocycles. The van der Waals surface area contributed by atoms with E-state index in [1.807, 2.05) is 6.07 Å². The van der Waals surface area contributed by atoms with Gasteiger partial charge in [0.25, 0.3) is 11.7 Å². The lowest BCUT2D eigenvalue weighted by Crippen LogP contribution is -2.31. The Morgan fingerprint density at radius 2 is 1.49 bits per heavy atom. The van der Waals surface area contributed by atoms with Crippen molar-refractivity contribution in [2.45, 2.75) is 12.5 Å². The topological polar surface area (TPSA) is 76.1 Å². The van der Waals surface area contributed by atoms with Gasteiger partial charge in [-0.05, 0) is 66.1 Å². The maximum atomic E-state index is 13.6. The quantitative estimate of drug-likeness (QED) is 0.303. The third-order valence-corrected chi connectivity index (χ3v) is 5.93. The lowest BCUT2D eigenvalue weighted by atomic mass is 9.95. The molecule has 0 aliphatic carbocycles. The van der Waals surface area contributed by atoms with Crippen LogP contribution in [0.3, 0.4) is 0 Å². The van der Waals surface area contributed by atoms with Gasteiger partial charge < -0.3 is 19.5 Å². The van der Waals surface area contributed by atoms with Crippen LogP contribution in [0.15, 0.2) is 72.3 Å². The van der Waals surface area contributed by atoms with Crippen molar-refractivity contribution < 1.29 is 33.0 Å². The van der Waals surface area contributed by atoms with Gasteiger partial charge in [0.1, 0.15) is 17.4 Å². The molecule has 0 radical (unpaired) electrons. The lowest BCUT2D eigenvalue weighted by molar-refractivity contribution is -0.139. The van der Waals surface area contributed by atoms with Crippen molar-refractivity contribution in [3.8, 4) is 11.5 Å². The molecular weight excluding hydrogens is 456 g/mol. The summed E-state index contributed by atoms with van der Waals surface area (Å²) in [6.07, 6.45) is 0.377. The van der Waals surface area contributed by atoms with Gasteiger partial charge in [0.05, 0.1) is 25.8 Å². The molecule has 0 spiro atoms. The molecule has 0 bridgehead atoms. The van der Waals surface area contributed by atoms with Gasteiger partial charge in [-0.3, -0.25) is 9.59 Å². The van der Waals surface area contributed by atoms with Crippen LogP contribution in [0.4, 0.5) is 8.78 Å². The Kier molecular flexibility index (Phi) is 6.82. The van der Waals surface area contributed by atoms with Crippen molar-refractivity contribution in [1.29, 1.82) is 0 Å². The number of ether oxygens (including phenoxy) is 2. The van der Waals surface area contributed by atoms with E-state index in [1.54, 1.807) is 12.1 Å². The van der Waals surface area contributed by atoms with Crippen molar-refractivity contribution in [3.05, 3.63) is 101 Å². The number of amides is 1. The summed E-state index contributed by atoms with van der Waals surface area (Å²) in [5.74, 6) is -1.98. The molecule has 0 saturated carbocycles. The number of rotatable bonds is 7. The van der Waals surface area contributed by atoms with Gasteiger partial charge in [-0.25, -0.2) is 8.78 Å². The number of hydrogen-bond acceptors (Lipinski definition) is 5. The van der Waals surface area contributed by atoms with Gasteiger partial charge in [0.2, 0.25) is 0 Å². The molecule has 180 valence electrons. The highest BCUT2D eigenvalue weighted by Gasteiger charge is 2.45. The zero-order valence-corrected chi connectivity index (χ0v) is 19.1. The van der Waals surface area contributed by atoms with E-state index in [4.69, 9.17) is 9.47 Å². The highest BCUT2D eigenvalue weighted by atomic mass is 19.1. The number of ketones is 1. The molecule has 1 amide bonds. The van der Waals surface area contributed by atoms with E-state index in [9.17, 15) is 23.5 Å². The van der Waals surface area contributed by atoms with Crippen LogP contribution in [-0.4, -0.2) is 42.5 Å². The standard InChI is InChI=1S/C27H23F2NO5/c1-34-21-12-3-16(15-22(21)35-2)13-14-30-24(17-4-8-19(28)9-5-17)23(26(32)27(30)33)25(31)18-6-10-20(29)11-7-18/h3-12,15,24,31H,13-14H2,1-2H3/t24-/m1/s1. The number of likely N-dealkylation sites (tertiary alicyclic amines) is 1. The highest BCUT2D eigenvalue weighted by molar-refractivity contribution is 6.46. The molecule has 1 N–H and O–H groups in total. The Morgan fingerprint density at radius 1 is 0.886 bits per heavy atom. The van der Waals surface area contributed by atoms with E-state index in [0.29, 0.717) is 23.5 Å². The molecule has 6 nitrogen and oxygen atoms in total. The Hall–Kier alpha value is -4.20. The van der Waals surface area contributed by atoms with Crippen LogP contribution in [0.5, 0.6) is 11.5 Å². The maximum Gasteiger partial charge on any atom is 0.295 e. The monoisotopic (exact) mass is 479 g/mol. The second-order valence-electron chi connectivity index (χ2n) is 7.99. The molecule has 1 aliphatic rings. The first-order valence-electron chi connectivity index (χ1n) is 10.8. The molecule has 3 aromatic rings. The lowest BCUT2D eigenvalue weighted by Gasteiger charge is -2.25. The molecule has 0 unspecified atom stereocenters. The fourth-order valence-corrected chi connectivity index (χ4v) is 4.15. The summed E-state index contributed by atoms with van der Waals surface area (Å²) < 4.78 is 37.6. The average molecular weight is 479 g/mol. The van der Waals surface area contributed by atoms with Gasteiger partial charge >= 0.3 is 0 Å². The summed E-state index contributed by atoms with van der Waals surface area (Å²) in [7, 11) is 3.05. The molecule has 35 heavy (non-hydrogen) atoms. The summed E-state index contributed by atoms with van der Waals surface area (Å²) >= 11 is 0. The molecule has 8 heteroatoms. The summed E-state index contributed by atoms with van der Waals surface area (Å²) in [5.41, 5.74) is 1.35. The van der Waals surface area contributed by atoms with E-state index in [0.717, 1.165) is 17.7 Å². The van der Waals surface area contributed by atoms with Crippen LogP contribution in [0.25, 0.3) is 5.76 Å². The van der Waals surface area contributed by atoms with Crippen molar-refractivity contribution in [2.75, 3.05) is 20.8 Å². The molecular formula is C27H23F2NO5. The number of aliphatic hydroxyl groups is 1. The van der Waals surface area contributed by atoms with Crippen LogP contribution >= 0.6 is 0 Å². The second kappa shape index (κ2) is 9.97. The van der Waals surface area contributed by atoms with Crippen LogP contribution < -0.4 is 9.47 Å². The maximum absolute atomic E-state index is 13.6. The average Bonchev–Trinajstić information content (AvgIpc) is 3.12. The van der Waals surface area contributed by atoms with Gasteiger partial charge in [-0.15, -0.1) is 0 Å². The SMILES string of the molecule is COc1ccc(CCN2C(=O)C(=O)C(=C(O)c3ccc(F)cc3)[C@H]2c2ccc(F)cc2)cc1OC. The largest absolute Gasteiger partial charge is 0.507 e. The molecule has 1 fully saturated rings. The van der Waals surface area contributed by atoms with Crippen molar-refractivity contribution in [2.24, 2.45) is 0 Å². The highest BCUT2D eigenvalue weighted by Crippen LogP contribution is 2.39. The van der Waals surface area contributed by atoms with E-state index in [2.05, 4.69) is 0 Å². The Morgan fingerprint density at radius 3 is 2.09 bits per heavy atom. The van der Waals surface area contributed by atoms with Crippen LogP contribution in [0.1, 0.15) is 22.7 Å². The normalized spacial score (nSPS) is 17.0. The summed E-state index contributed by atoms with van der Waals surface area (Å²) in [6, 6.07) is 14.7. The number of hydrogen-bond donors (Lipinski definition) is 1. The minimum atomic E-state index is -0.944. The Labute approximate surface area is 201 Å². The molecule has 1 atom stereocenters. The smallest absolute Gasteiger partial charge is 0.295 e. The van der Waals surface area contributed by atoms with Crippen LogP contribution in [-0.2, 0) is 16.0 Å². The van der Waals surface area contributed by atoms with E-state index in [-0.39, 0.29) is 17.7 Å². The molecule has 1 heterocycles. The fourth-order valence-electron chi connectivity index (χ4n) is 4.15. The number of Topliss-reactive ketones (excluding diaryl/α,β-unsaturated/α-hetero) is 1. The summed E-state index contributed by atoms with van der Waals surface area (Å²) in [5, 5.41) is 11.0. The molecule has 0 aromatic heterocycles. The number of carbonyl (C=O) groups excluding carboxylic acids is 2. The van der Waals surface area contributed by atoms with E-state index in [1.165, 1.54) is 55.5 Å². The Bertz CT molecular complexity index is 1290. The van der Waals surface area contributed by atoms with E-state index >= 15 is 0 Å². The third-order valence-electron chi connectivity index (χ3n) is 5.93. The zero-order chi connectivity index (χ0) is 25.1. The molecule has 4 rings (SSSR count). The van der Waals surface area contributed by atoms with Crippen molar-refractivity contribution in [3.63, 3.8) is 0 Å². The predicted molar refractivity (Wildman–Crippen MR) is 125 cm³/mol. The summed E-state index contributed by atoms with van der Waals surface area (Å²) in [6.45, 7) is 0.141. The first-order valence-corrected chi connectivity index (χ1v) is 10.8. The number of methoxy groups -OCH3 is 2. The molecule has 3 aromatic carbocycles. The minimum absolute atomic E-state index is 0.138. The number of nitrogens with zero attached hydrogens (tertiary/aromatic N) is 1. The third kappa shape index (κ3) is 4.73. The predicted octanol–water partition coefficient (Wildman–Crippen LogP) is 4.65. The number of carbonyl (C=O) groups is 2. The van der Waals surface area contributed by atoms with Crippen molar-refractivity contribution >= 4 is 17.4 Å². The van der Waals surface area contributed by atoms with Crippen LogP contribution in [0, 0.1) is 11.6 Å². The second-order valence-corrected chi connectivity index (χ2v) is 7.99. The molecule has 1 aliphatic heterocycles. The van der Waals surface area contributed by atoms with Gasteiger partial charge in [-0.1, -0.05) is 18.2 Å².